The maximum Gasteiger partial charge on any atom is 0.339 e. The second-order valence-electron chi connectivity index (χ2n) is 6.48. The second kappa shape index (κ2) is 8.59. The number of ether oxygens (including phenoxy) is 1. The molecule has 1 aromatic heterocycles. The zero-order valence-electron chi connectivity index (χ0n) is 15.1. The predicted molar refractivity (Wildman–Crippen MR) is 106 cm³/mol. The van der Waals surface area contributed by atoms with Crippen LogP contribution in [0.3, 0.4) is 0 Å². The molecule has 1 aliphatic heterocycles. The molecular weight excluding hydrogens is 401 g/mol. The highest BCUT2D eigenvalue weighted by Crippen LogP contribution is 2.41. The lowest BCUT2D eigenvalue weighted by atomic mass is 9.90. The van der Waals surface area contributed by atoms with Gasteiger partial charge in [0, 0.05) is 25.5 Å². The van der Waals surface area contributed by atoms with Crippen LogP contribution in [0.4, 0.5) is 5.69 Å². The summed E-state index contributed by atoms with van der Waals surface area (Å²) in [6.45, 7) is 0. The van der Waals surface area contributed by atoms with Crippen molar-refractivity contribution < 1.29 is 14.3 Å². The molecule has 0 aliphatic carbocycles. The third kappa shape index (κ3) is 4.27. The van der Waals surface area contributed by atoms with Gasteiger partial charge in [-0.2, -0.15) is 5.26 Å². The van der Waals surface area contributed by atoms with Crippen molar-refractivity contribution in [3.8, 4) is 6.07 Å². The van der Waals surface area contributed by atoms with Gasteiger partial charge in [0.2, 0.25) is 5.91 Å². The molecule has 1 amide bonds. The summed E-state index contributed by atoms with van der Waals surface area (Å²) in [5.41, 5.74) is 1.56. The fraction of sp³-hybridized carbons (Fsp3) is 0.300. The van der Waals surface area contributed by atoms with E-state index in [2.05, 4.69) is 4.98 Å². The zero-order chi connectivity index (χ0) is 20.3. The van der Waals surface area contributed by atoms with Crippen LogP contribution in [0.1, 0.15) is 41.1 Å². The molecule has 3 rings (SSSR count). The zero-order valence-corrected chi connectivity index (χ0v) is 16.6. The number of halogens is 2. The van der Waals surface area contributed by atoms with Crippen LogP contribution < -0.4 is 4.90 Å². The number of nitriles is 1. The first kappa shape index (κ1) is 20.1. The van der Waals surface area contributed by atoms with Crippen LogP contribution in [-0.4, -0.2) is 30.0 Å². The van der Waals surface area contributed by atoms with Crippen molar-refractivity contribution in [3.05, 3.63) is 57.8 Å². The van der Waals surface area contributed by atoms with Crippen LogP contribution in [-0.2, 0) is 9.53 Å². The number of anilines is 1. The quantitative estimate of drug-likeness (QED) is 0.544. The Kier molecular flexibility index (Phi) is 6.18. The highest BCUT2D eigenvalue weighted by atomic mass is 35.5. The number of benzene rings is 1. The maximum atomic E-state index is 12.3. The summed E-state index contributed by atoms with van der Waals surface area (Å²) in [5.74, 6) is -0.944. The van der Waals surface area contributed by atoms with E-state index < -0.39 is 12.1 Å². The molecule has 0 N–H and O–H groups in total. The van der Waals surface area contributed by atoms with Crippen molar-refractivity contribution in [2.24, 2.45) is 0 Å². The summed E-state index contributed by atoms with van der Waals surface area (Å²) in [4.78, 5) is 30.2. The highest BCUT2D eigenvalue weighted by Gasteiger charge is 2.32. The molecule has 144 valence electrons. The molecule has 0 bridgehead atoms. The topological polar surface area (TPSA) is 83.3 Å². The van der Waals surface area contributed by atoms with E-state index in [9.17, 15) is 14.9 Å². The Morgan fingerprint density at radius 1 is 1.39 bits per heavy atom. The van der Waals surface area contributed by atoms with Gasteiger partial charge < -0.3 is 9.64 Å². The molecule has 28 heavy (non-hydrogen) atoms. The van der Waals surface area contributed by atoms with Gasteiger partial charge in [-0.25, -0.2) is 9.78 Å². The number of esters is 1. The number of hydrogen-bond acceptors (Lipinski definition) is 5. The number of carbonyl (C=O) groups is 2. The Morgan fingerprint density at radius 2 is 2.11 bits per heavy atom. The standard InChI is InChI=1S/C20H17Cl2N3O3/c1-25-15-10-16(21)24-19(22)18(15)13(7-8-17(25)26)9-14(11-23)28-20(27)12-5-3-2-4-6-12/h2-6,10,13-14H,7-9H2,1H3. The highest BCUT2D eigenvalue weighted by molar-refractivity contribution is 6.33. The number of carbonyl (C=O) groups excluding carboxylic acids is 2. The third-order valence-electron chi connectivity index (χ3n) is 4.71. The van der Waals surface area contributed by atoms with Gasteiger partial charge in [0.1, 0.15) is 16.4 Å². The average molecular weight is 418 g/mol. The first-order chi connectivity index (χ1) is 13.4. The fourth-order valence-corrected chi connectivity index (χ4v) is 3.85. The minimum atomic E-state index is -0.990. The number of aromatic nitrogens is 1. The molecule has 0 radical (unpaired) electrons. The van der Waals surface area contributed by atoms with Crippen LogP contribution >= 0.6 is 23.2 Å². The Hall–Kier alpha value is -2.62. The van der Waals surface area contributed by atoms with Crippen LogP contribution in [0.2, 0.25) is 10.3 Å². The van der Waals surface area contributed by atoms with E-state index >= 15 is 0 Å². The normalized spacial score (nSPS) is 17.3. The molecule has 1 aliphatic rings. The van der Waals surface area contributed by atoms with E-state index in [-0.39, 0.29) is 35.0 Å². The summed E-state index contributed by atoms with van der Waals surface area (Å²) >= 11 is 12.3. The Bertz CT molecular complexity index is 944. The molecule has 2 atom stereocenters. The number of rotatable bonds is 4. The average Bonchev–Trinajstić information content (AvgIpc) is 2.80. The number of amides is 1. The summed E-state index contributed by atoms with van der Waals surface area (Å²) < 4.78 is 5.37. The van der Waals surface area contributed by atoms with Gasteiger partial charge in [-0.05, 0) is 30.5 Å². The predicted octanol–water partition coefficient (Wildman–Crippen LogP) is 4.37. The van der Waals surface area contributed by atoms with Gasteiger partial charge in [-0.3, -0.25) is 4.79 Å². The van der Waals surface area contributed by atoms with Gasteiger partial charge in [0.15, 0.2) is 6.10 Å². The van der Waals surface area contributed by atoms with Crippen LogP contribution in [0, 0.1) is 11.3 Å². The van der Waals surface area contributed by atoms with E-state index in [1.165, 1.54) is 4.90 Å². The van der Waals surface area contributed by atoms with E-state index in [4.69, 9.17) is 27.9 Å². The second-order valence-corrected chi connectivity index (χ2v) is 7.23. The largest absolute Gasteiger partial charge is 0.443 e. The smallest absolute Gasteiger partial charge is 0.339 e. The van der Waals surface area contributed by atoms with Crippen molar-refractivity contribution >= 4 is 40.8 Å². The number of pyridine rings is 1. The monoisotopic (exact) mass is 417 g/mol. The van der Waals surface area contributed by atoms with Gasteiger partial charge in [-0.1, -0.05) is 41.4 Å². The summed E-state index contributed by atoms with van der Waals surface area (Å²) in [6, 6.07) is 12.1. The van der Waals surface area contributed by atoms with Gasteiger partial charge in [0.05, 0.1) is 11.3 Å². The molecular formula is C20H17Cl2N3O3. The van der Waals surface area contributed by atoms with Gasteiger partial charge in [-0.15, -0.1) is 0 Å². The van der Waals surface area contributed by atoms with Crippen molar-refractivity contribution in [2.45, 2.75) is 31.3 Å². The van der Waals surface area contributed by atoms with Crippen molar-refractivity contribution in [2.75, 3.05) is 11.9 Å². The number of hydrogen-bond donors (Lipinski definition) is 0. The molecule has 0 fully saturated rings. The first-order valence-electron chi connectivity index (χ1n) is 8.68. The molecule has 2 heterocycles. The Labute approximate surface area is 172 Å². The Balaban J connectivity index is 1.86. The molecule has 8 heteroatoms. The van der Waals surface area contributed by atoms with Crippen molar-refractivity contribution in [1.29, 1.82) is 5.26 Å². The SMILES string of the molecule is CN1C(=O)CCC(CC(C#N)OC(=O)c2ccccc2)c2c1cc(Cl)nc2Cl. The Morgan fingerprint density at radius 3 is 2.79 bits per heavy atom. The van der Waals surface area contributed by atoms with Crippen molar-refractivity contribution in [1.82, 2.24) is 4.98 Å². The van der Waals surface area contributed by atoms with E-state index in [0.29, 0.717) is 23.2 Å². The molecule has 0 saturated carbocycles. The summed E-state index contributed by atoms with van der Waals surface area (Å²) in [7, 11) is 1.65. The lowest BCUT2D eigenvalue weighted by Crippen LogP contribution is -2.25. The molecule has 0 spiro atoms. The molecule has 0 saturated heterocycles. The molecule has 6 nitrogen and oxygen atoms in total. The van der Waals surface area contributed by atoms with Crippen molar-refractivity contribution in [3.63, 3.8) is 0 Å². The van der Waals surface area contributed by atoms with E-state index in [0.717, 1.165) is 0 Å². The lowest BCUT2D eigenvalue weighted by molar-refractivity contribution is -0.118. The maximum absolute atomic E-state index is 12.3. The third-order valence-corrected chi connectivity index (χ3v) is 5.19. The number of fused-ring (bicyclic) bond motifs is 1. The molecule has 2 aromatic rings. The lowest BCUT2D eigenvalue weighted by Gasteiger charge is -2.23. The first-order valence-corrected chi connectivity index (χ1v) is 9.44. The van der Waals surface area contributed by atoms with Crippen LogP contribution in [0.25, 0.3) is 0 Å². The van der Waals surface area contributed by atoms with E-state index in [1.54, 1.807) is 43.4 Å². The summed E-state index contributed by atoms with van der Waals surface area (Å²) in [5, 5.41) is 9.87. The van der Waals surface area contributed by atoms with Gasteiger partial charge in [0.25, 0.3) is 0 Å². The van der Waals surface area contributed by atoms with Crippen LogP contribution in [0.5, 0.6) is 0 Å². The molecule has 2 unspecified atom stereocenters. The van der Waals surface area contributed by atoms with E-state index in [1.807, 2.05) is 6.07 Å². The van der Waals surface area contributed by atoms with Gasteiger partial charge >= 0.3 is 5.97 Å². The molecule has 1 aromatic carbocycles. The minimum absolute atomic E-state index is 0.0862. The fourth-order valence-electron chi connectivity index (χ4n) is 3.27. The van der Waals surface area contributed by atoms with Crippen LogP contribution in [0.15, 0.2) is 36.4 Å². The summed E-state index contributed by atoms with van der Waals surface area (Å²) in [6.07, 6.45) is -0.0584. The number of nitrogens with zero attached hydrogens (tertiary/aromatic N) is 3. The minimum Gasteiger partial charge on any atom is -0.443 e.